The summed E-state index contributed by atoms with van der Waals surface area (Å²) in [5.41, 5.74) is 0.459. The summed E-state index contributed by atoms with van der Waals surface area (Å²) in [5.74, 6) is 0.0925. The van der Waals surface area contributed by atoms with Crippen molar-refractivity contribution in [3.8, 4) is 5.75 Å². The number of hydrogen-bond acceptors (Lipinski definition) is 3. The molecule has 1 aromatic rings. The summed E-state index contributed by atoms with van der Waals surface area (Å²) in [7, 11) is 1.48. The monoisotopic (exact) mass is 228 g/mol. The number of methoxy groups -OCH3 is 1. The largest absolute Gasteiger partial charge is 0.496 e. The number of aliphatic hydroxyl groups excluding tert-OH is 2. The maximum Gasteiger partial charge on any atom is 0.124 e. The van der Waals surface area contributed by atoms with Gasteiger partial charge in [0.25, 0.3) is 0 Å². The Morgan fingerprint density at radius 2 is 2.12 bits per heavy atom. The van der Waals surface area contributed by atoms with Crippen LogP contribution >= 0.6 is 0 Å². The smallest absolute Gasteiger partial charge is 0.124 e. The molecule has 0 fully saturated rings. The molecule has 0 spiro atoms. The molecule has 0 heterocycles. The lowest BCUT2D eigenvalue weighted by atomic mass is 10.0. The second-order valence-electron chi connectivity index (χ2n) is 3.62. The van der Waals surface area contributed by atoms with E-state index in [1.165, 1.54) is 25.3 Å². The molecule has 0 bridgehead atoms. The highest BCUT2D eigenvalue weighted by Crippen LogP contribution is 2.28. The molecular formula is C12H17FO3. The van der Waals surface area contributed by atoms with Gasteiger partial charge in [-0.25, -0.2) is 4.39 Å². The Hall–Kier alpha value is -1.13. The minimum absolute atomic E-state index is 0.104. The molecule has 0 aliphatic rings. The third-order valence-corrected chi connectivity index (χ3v) is 2.44. The van der Waals surface area contributed by atoms with Gasteiger partial charge in [0.1, 0.15) is 11.6 Å². The topological polar surface area (TPSA) is 49.7 Å². The zero-order chi connectivity index (χ0) is 12.0. The van der Waals surface area contributed by atoms with Crippen molar-refractivity contribution in [3.05, 3.63) is 29.6 Å². The number of unbranched alkanes of at least 4 members (excludes halogenated alkanes) is 1. The minimum Gasteiger partial charge on any atom is -0.496 e. The summed E-state index contributed by atoms with van der Waals surface area (Å²) < 4.78 is 18.1. The van der Waals surface area contributed by atoms with Crippen LogP contribution in [0.1, 0.15) is 30.9 Å². The van der Waals surface area contributed by atoms with Gasteiger partial charge in [-0.3, -0.25) is 0 Å². The van der Waals surface area contributed by atoms with E-state index in [2.05, 4.69) is 0 Å². The molecule has 16 heavy (non-hydrogen) atoms. The van der Waals surface area contributed by atoms with Crippen LogP contribution in [0.5, 0.6) is 5.75 Å². The molecule has 0 radical (unpaired) electrons. The van der Waals surface area contributed by atoms with Crippen LogP contribution in [0.25, 0.3) is 0 Å². The number of hydrogen-bond donors (Lipinski definition) is 2. The van der Waals surface area contributed by atoms with Crippen LogP contribution in [0.15, 0.2) is 18.2 Å². The van der Waals surface area contributed by atoms with E-state index in [1.54, 1.807) is 0 Å². The normalized spacial score (nSPS) is 12.5. The van der Waals surface area contributed by atoms with E-state index >= 15 is 0 Å². The lowest BCUT2D eigenvalue weighted by molar-refractivity contribution is 0.155. The summed E-state index contributed by atoms with van der Waals surface area (Å²) in [6.45, 7) is 0.104. The van der Waals surface area contributed by atoms with Crippen molar-refractivity contribution in [2.75, 3.05) is 13.7 Å². The first kappa shape index (κ1) is 12.9. The van der Waals surface area contributed by atoms with Crippen LogP contribution in [-0.2, 0) is 0 Å². The van der Waals surface area contributed by atoms with Crippen molar-refractivity contribution in [2.45, 2.75) is 25.4 Å². The highest BCUT2D eigenvalue weighted by Gasteiger charge is 2.13. The van der Waals surface area contributed by atoms with Gasteiger partial charge in [0.05, 0.1) is 13.2 Å². The molecule has 0 saturated heterocycles. The van der Waals surface area contributed by atoms with E-state index in [9.17, 15) is 9.50 Å². The Bertz CT molecular complexity index is 328. The molecule has 4 heteroatoms. The molecule has 0 saturated carbocycles. The standard InChI is InChI=1S/C12H17FO3/c1-16-12-6-5-9(13)8-10(12)11(15)4-2-3-7-14/h5-6,8,11,14-15H,2-4,7H2,1H3. The Labute approximate surface area is 94.5 Å². The van der Waals surface area contributed by atoms with Crippen molar-refractivity contribution >= 4 is 0 Å². The third kappa shape index (κ3) is 3.47. The number of halogens is 1. The molecule has 0 aromatic heterocycles. The Morgan fingerprint density at radius 3 is 2.75 bits per heavy atom. The zero-order valence-corrected chi connectivity index (χ0v) is 9.32. The molecule has 1 rings (SSSR count). The molecule has 90 valence electrons. The first-order valence-corrected chi connectivity index (χ1v) is 5.31. The second kappa shape index (κ2) is 6.45. The van der Waals surface area contributed by atoms with E-state index in [4.69, 9.17) is 9.84 Å². The molecule has 1 aromatic carbocycles. The van der Waals surface area contributed by atoms with Gasteiger partial charge in [0.15, 0.2) is 0 Å². The van der Waals surface area contributed by atoms with Gasteiger partial charge < -0.3 is 14.9 Å². The van der Waals surface area contributed by atoms with Crippen molar-refractivity contribution in [3.63, 3.8) is 0 Å². The lowest BCUT2D eigenvalue weighted by Gasteiger charge is -2.14. The van der Waals surface area contributed by atoms with E-state index in [1.807, 2.05) is 0 Å². The minimum atomic E-state index is -0.753. The van der Waals surface area contributed by atoms with Crippen molar-refractivity contribution in [1.82, 2.24) is 0 Å². The van der Waals surface area contributed by atoms with Gasteiger partial charge in [0, 0.05) is 12.2 Å². The van der Waals surface area contributed by atoms with E-state index in [0.717, 1.165) is 0 Å². The highest BCUT2D eigenvalue weighted by molar-refractivity contribution is 5.35. The van der Waals surface area contributed by atoms with Crippen LogP contribution < -0.4 is 4.74 Å². The molecule has 1 unspecified atom stereocenters. The summed E-state index contributed by atoms with van der Waals surface area (Å²) in [5, 5.41) is 18.5. The molecule has 1 atom stereocenters. The fraction of sp³-hybridized carbons (Fsp3) is 0.500. The Morgan fingerprint density at radius 1 is 1.38 bits per heavy atom. The van der Waals surface area contributed by atoms with Crippen LogP contribution in [0.2, 0.25) is 0 Å². The molecule has 0 aliphatic carbocycles. The van der Waals surface area contributed by atoms with Crippen LogP contribution in [-0.4, -0.2) is 23.9 Å². The van der Waals surface area contributed by atoms with Gasteiger partial charge in [0.2, 0.25) is 0 Å². The molecule has 0 amide bonds. The average Bonchev–Trinajstić information content (AvgIpc) is 2.29. The highest BCUT2D eigenvalue weighted by atomic mass is 19.1. The molecular weight excluding hydrogens is 211 g/mol. The van der Waals surface area contributed by atoms with Gasteiger partial charge >= 0.3 is 0 Å². The number of aliphatic hydroxyl groups is 2. The Kier molecular flexibility index (Phi) is 5.22. The van der Waals surface area contributed by atoms with E-state index in [-0.39, 0.29) is 6.61 Å². The van der Waals surface area contributed by atoms with Crippen molar-refractivity contribution in [1.29, 1.82) is 0 Å². The fourth-order valence-electron chi connectivity index (χ4n) is 1.57. The first-order chi connectivity index (χ1) is 7.69. The maximum atomic E-state index is 13.0. The molecule has 2 N–H and O–H groups in total. The van der Waals surface area contributed by atoms with Crippen molar-refractivity contribution in [2.24, 2.45) is 0 Å². The van der Waals surface area contributed by atoms with Crippen LogP contribution in [0.3, 0.4) is 0 Å². The quantitative estimate of drug-likeness (QED) is 0.732. The van der Waals surface area contributed by atoms with Gasteiger partial charge in [-0.15, -0.1) is 0 Å². The first-order valence-electron chi connectivity index (χ1n) is 5.31. The molecule has 0 aliphatic heterocycles. The predicted octanol–water partition coefficient (Wildman–Crippen LogP) is 2.03. The summed E-state index contributed by atoms with van der Waals surface area (Å²) in [6.07, 6.45) is 1.06. The average molecular weight is 228 g/mol. The number of rotatable bonds is 6. The molecule has 3 nitrogen and oxygen atoms in total. The third-order valence-electron chi connectivity index (χ3n) is 2.44. The summed E-state index contributed by atoms with van der Waals surface area (Å²) in [4.78, 5) is 0. The van der Waals surface area contributed by atoms with Crippen molar-refractivity contribution < 1.29 is 19.3 Å². The number of ether oxygens (including phenoxy) is 1. The SMILES string of the molecule is COc1ccc(F)cc1C(O)CCCCO. The van der Waals surface area contributed by atoms with Gasteiger partial charge in [-0.05, 0) is 37.5 Å². The summed E-state index contributed by atoms with van der Waals surface area (Å²) >= 11 is 0. The summed E-state index contributed by atoms with van der Waals surface area (Å²) in [6, 6.07) is 4.07. The lowest BCUT2D eigenvalue weighted by Crippen LogP contribution is -2.02. The maximum absolute atomic E-state index is 13.0. The van der Waals surface area contributed by atoms with E-state index < -0.39 is 11.9 Å². The Balaban J connectivity index is 2.72. The fourth-order valence-corrected chi connectivity index (χ4v) is 1.57. The van der Waals surface area contributed by atoms with E-state index in [0.29, 0.717) is 30.6 Å². The second-order valence-corrected chi connectivity index (χ2v) is 3.62. The predicted molar refractivity (Wildman–Crippen MR) is 58.8 cm³/mol. The van der Waals surface area contributed by atoms with Gasteiger partial charge in [-0.1, -0.05) is 0 Å². The van der Waals surface area contributed by atoms with Crippen LogP contribution in [0.4, 0.5) is 4.39 Å². The number of benzene rings is 1. The van der Waals surface area contributed by atoms with Gasteiger partial charge in [-0.2, -0.15) is 0 Å². The van der Waals surface area contributed by atoms with Crippen LogP contribution in [0, 0.1) is 5.82 Å². The zero-order valence-electron chi connectivity index (χ0n) is 9.32.